The average Bonchev–Trinajstić information content (AvgIpc) is 3.22. The second-order valence-electron chi connectivity index (χ2n) is 8.54. The Morgan fingerprint density at radius 1 is 0.906 bits per heavy atom. The van der Waals surface area contributed by atoms with Gasteiger partial charge in [-0.15, -0.1) is 0 Å². The molecular weight excluding hydrogens is 402 g/mol. The van der Waals surface area contributed by atoms with E-state index in [2.05, 4.69) is 26.0 Å². The van der Waals surface area contributed by atoms with Crippen LogP contribution in [0.3, 0.4) is 0 Å². The number of hydrogen-bond acceptors (Lipinski definition) is 4. The van der Waals surface area contributed by atoms with E-state index in [1.807, 2.05) is 60.7 Å². The number of esters is 1. The van der Waals surface area contributed by atoms with Gasteiger partial charge in [0.15, 0.2) is 0 Å². The molecule has 0 N–H and O–H groups in total. The predicted octanol–water partition coefficient (Wildman–Crippen LogP) is 4.98. The van der Waals surface area contributed by atoms with Crippen LogP contribution in [-0.4, -0.2) is 25.5 Å². The first-order chi connectivity index (χ1) is 15.4. The van der Waals surface area contributed by atoms with Crippen molar-refractivity contribution in [1.29, 1.82) is 0 Å². The smallest absolute Gasteiger partial charge is 0.316 e. The quantitative estimate of drug-likeness (QED) is 0.410. The van der Waals surface area contributed by atoms with Gasteiger partial charge in [-0.1, -0.05) is 62.4 Å². The zero-order chi connectivity index (χ0) is 22.7. The molecule has 1 saturated heterocycles. The SMILES string of the molecule is COc1cccc(N2C[C@@H](C(=O)Oc3ccc(C(C)(C)c4ccccc4)cc3)CC2=O)c1. The molecule has 0 bridgehead atoms. The minimum Gasteiger partial charge on any atom is -0.497 e. The zero-order valence-corrected chi connectivity index (χ0v) is 18.6. The average molecular weight is 430 g/mol. The number of carbonyl (C=O) groups excluding carboxylic acids is 2. The highest BCUT2D eigenvalue weighted by Crippen LogP contribution is 2.33. The van der Waals surface area contributed by atoms with E-state index in [0.29, 0.717) is 18.0 Å². The fraction of sp³-hybridized carbons (Fsp3) is 0.259. The van der Waals surface area contributed by atoms with E-state index in [0.717, 1.165) is 11.3 Å². The molecule has 1 fully saturated rings. The second kappa shape index (κ2) is 8.87. The molecule has 1 atom stereocenters. The summed E-state index contributed by atoms with van der Waals surface area (Å²) in [5.41, 5.74) is 2.89. The molecule has 0 spiro atoms. The van der Waals surface area contributed by atoms with Crippen LogP contribution >= 0.6 is 0 Å². The first-order valence-corrected chi connectivity index (χ1v) is 10.7. The van der Waals surface area contributed by atoms with E-state index in [4.69, 9.17) is 9.47 Å². The number of nitrogens with zero attached hydrogens (tertiary/aromatic N) is 1. The lowest BCUT2D eigenvalue weighted by Crippen LogP contribution is -2.27. The third-order valence-electron chi connectivity index (χ3n) is 6.11. The lowest BCUT2D eigenvalue weighted by Gasteiger charge is -2.26. The molecule has 5 heteroatoms. The highest BCUT2D eigenvalue weighted by atomic mass is 16.5. The maximum atomic E-state index is 12.7. The van der Waals surface area contributed by atoms with Crippen LogP contribution in [0.15, 0.2) is 78.9 Å². The van der Waals surface area contributed by atoms with Gasteiger partial charge in [-0.05, 0) is 35.4 Å². The predicted molar refractivity (Wildman–Crippen MR) is 124 cm³/mol. The van der Waals surface area contributed by atoms with Gasteiger partial charge in [0.2, 0.25) is 5.91 Å². The number of carbonyl (C=O) groups is 2. The summed E-state index contributed by atoms with van der Waals surface area (Å²) >= 11 is 0. The first kappa shape index (κ1) is 21.6. The summed E-state index contributed by atoms with van der Waals surface area (Å²) in [6.45, 7) is 4.63. The van der Waals surface area contributed by atoms with Gasteiger partial charge in [0.05, 0.1) is 13.0 Å². The maximum absolute atomic E-state index is 12.7. The molecule has 0 aromatic heterocycles. The Hall–Kier alpha value is -3.60. The molecule has 5 nitrogen and oxygen atoms in total. The van der Waals surface area contributed by atoms with Gasteiger partial charge in [0, 0.05) is 30.1 Å². The number of ether oxygens (including phenoxy) is 2. The summed E-state index contributed by atoms with van der Waals surface area (Å²) in [5.74, 6) is 0.155. The van der Waals surface area contributed by atoms with Crippen LogP contribution in [0.4, 0.5) is 5.69 Å². The van der Waals surface area contributed by atoms with Crippen molar-refractivity contribution in [3.8, 4) is 11.5 Å². The maximum Gasteiger partial charge on any atom is 0.316 e. The fourth-order valence-electron chi connectivity index (χ4n) is 4.05. The lowest BCUT2D eigenvalue weighted by atomic mass is 9.78. The Kier molecular flexibility index (Phi) is 5.99. The monoisotopic (exact) mass is 429 g/mol. The highest BCUT2D eigenvalue weighted by molar-refractivity contribution is 5.99. The molecule has 0 unspecified atom stereocenters. The van der Waals surface area contributed by atoms with Gasteiger partial charge in [0.25, 0.3) is 0 Å². The van der Waals surface area contributed by atoms with E-state index < -0.39 is 5.92 Å². The lowest BCUT2D eigenvalue weighted by molar-refractivity contribution is -0.139. The number of anilines is 1. The number of methoxy groups -OCH3 is 1. The largest absolute Gasteiger partial charge is 0.497 e. The summed E-state index contributed by atoms with van der Waals surface area (Å²) in [4.78, 5) is 26.9. The Labute approximate surface area is 188 Å². The van der Waals surface area contributed by atoms with Gasteiger partial charge in [0.1, 0.15) is 11.5 Å². The van der Waals surface area contributed by atoms with Crippen molar-refractivity contribution in [2.24, 2.45) is 5.92 Å². The molecule has 1 heterocycles. The van der Waals surface area contributed by atoms with Gasteiger partial charge in [-0.3, -0.25) is 9.59 Å². The van der Waals surface area contributed by atoms with Crippen LogP contribution in [0, 0.1) is 5.92 Å². The van der Waals surface area contributed by atoms with E-state index in [1.165, 1.54) is 5.56 Å². The van der Waals surface area contributed by atoms with E-state index >= 15 is 0 Å². The van der Waals surface area contributed by atoms with Gasteiger partial charge in [-0.2, -0.15) is 0 Å². The fourth-order valence-corrected chi connectivity index (χ4v) is 4.05. The Bertz CT molecular complexity index is 1110. The minimum absolute atomic E-state index is 0.0971. The minimum atomic E-state index is -0.505. The van der Waals surface area contributed by atoms with E-state index in [9.17, 15) is 9.59 Å². The molecule has 0 aliphatic carbocycles. The van der Waals surface area contributed by atoms with Crippen LogP contribution in [0.1, 0.15) is 31.4 Å². The van der Waals surface area contributed by atoms with Crippen LogP contribution < -0.4 is 14.4 Å². The summed E-state index contributed by atoms with van der Waals surface area (Å²) in [5, 5.41) is 0. The molecule has 4 rings (SSSR count). The third kappa shape index (κ3) is 4.37. The molecule has 1 aliphatic heterocycles. The van der Waals surface area contributed by atoms with Crippen molar-refractivity contribution in [3.05, 3.63) is 90.0 Å². The molecule has 1 amide bonds. The van der Waals surface area contributed by atoms with E-state index in [-0.39, 0.29) is 23.7 Å². The van der Waals surface area contributed by atoms with Crippen LogP contribution in [0.2, 0.25) is 0 Å². The molecule has 0 saturated carbocycles. The Balaban J connectivity index is 1.42. The van der Waals surface area contributed by atoms with Crippen molar-refractivity contribution in [3.63, 3.8) is 0 Å². The highest BCUT2D eigenvalue weighted by Gasteiger charge is 2.36. The number of rotatable bonds is 6. The van der Waals surface area contributed by atoms with Gasteiger partial charge >= 0.3 is 5.97 Å². The number of hydrogen-bond donors (Lipinski definition) is 0. The van der Waals surface area contributed by atoms with Crippen molar-refractivity contribution < 1.29 is 19.1 Å². The summed E-state index contributed by atoms with van der Waals surface area (Å²) < 4.78 is 10.8. The molecule has 3 aromatic rings. The van der Waals surface area contributed by atoms with E-state index in [1.54, 1.807) is 18.1 Å². The van der Waals surface area contributed by atoms with Gasteiger partial charge < -0.3 is 14.4 Å². The number of amides is 1. The van der Waals surface area contributed by atoms with Crippen molar-refractivity contribution in [2.45, 2.75) is 25.7 Å². The Morgan fingerprint density at radius 2 is 1.59 bits per heavy atom. The third-order valence-corrected chi connectivity index (χ3v) is 6.11. The molecule has 1 aliphatic rings. The molecule has 3 aromatic carbocycles. The summed E-state index contributed by atoms with van der Waals surface area (Å²) in [6, 6.07) is 25.2. The normalized spacial score (nSPS) is 16.2. The van der Waals surface area contributed by atoms with Crippen LogP contribution in [0.5, 0.6) is 11.5 Å². The molecule has 0 radical (unpaired) electrons. The summed E-state index contributed by atoms with van der Waals surface area (Å²) in [6.07, 6.45) is 0.134. The van der Waals surface area contributed by atoms with Gasteiger partial charge in [-0.25, -0.2) is 0 Å². The molecular formula is C27H27NO4. The van der Waals surface area contributed by atoms with Crippen molar-refractivity contribution in [1.82, 2.24) is 0 Å². The molecule has 164 valence electrons. The van der Waals surface area contributed by atoms with Crippen LogP contribution in [0.25, 0.3) is 0 Å². The standard InChI is InChI=1S/C27H27NO4/c1-27(2,20-8-5-4-6-9-20)21-12-14-23(15-13-21)32-26(30)19-16-25(29)28(18-19)22-10-7-11-24(17-22)31-3/h4-15,17,19H,16,18H2,1-3H3/t19-/m0/s1. The number of benzene rings is 3. The summed E-state index contributed by atoms with van der Waals surface area (Å²) in [7, 11) is 1.58. The second-order valence-corrected chi connectivity index (χ2v) is 8.54. The van der Waals surface area contributed by atoms with Crippen molar-refractivity contribution >= 4 is 17.6 Å². The van der Waals surface area contributed by atoms with Crippen LogP contribution in [-0.2, 0) is 15.0 Å². The zero-order valence-electron chi connectivity index (χ0n) is 18.6. The topological polar surface area (TPSA) is 55.8 Å². The Morgan fingerprint density at radius 3 is 2.28 bits per heavy atom. The first-order valence-electron chi connectivity index (χ1n) is 10.7. The van der Waals surface area contributed by atoms with Crippen molar-refractivity contribution in [2.75, 3.05) is 18.6 Å². The molecule has 32 heavy (non-hydrogen) atoms.